The van der Waals surface area contributed by atoms with Crippen molar-refractivity contribution in [1.29, 1.82) is 0 Å². The van der Waals surface area contributed by atoms with Crippen LogP contribution in [-0.2, 0) is 9.53 Å². The molecule has 4 nitrogen and oxygen atoms in total. The van der Waals surface area contributed by atoms with Gasteiger partial charge >= 0.3 is 0 Å². The Labute approximate surface area is 108 Å². The zero-order chi connectivity index (χ0) is 13.1. The molecule has 0 aliphatic carbocycles. The standard InChI is InChI=1S/C14H20N2O2/c1-3-16(13-6-4-12(15)5-7-13)14(17)11-8-10(2)18-9-11/h4-7,10-11H,3,8-9,15H2,1-2H3. The Kier molecular flexibility index (Phi) is 3.87. The van der Waals surface area contributed by atoms with Crippen LogP contribution in [0.3, 0.4) is 0 Å². The molecule has 0 saturated carbocycles. The van der Waals surface area contributed by atoms with Gasteiger partial charge in [-0.15, -0.1) is 0 Å². The third-order valence-corrected chi connectivity index (χ3v) is 3.33. The van der Waals surface area contributed by atoms with E-state index >= 15 is 0 Å². The van der Waals surface area contributed by atoms with E-state index in [9.17, 15) is 4.79 Å². The maximum Gasteiger partial charge on any atom is 0.232 e. The van der Waals surface area contributed by atoms with Crippen LogP contribution in [-0.4, -0.2) is 25.2 Å². The van der Waals surface area contributed by atoms with E-state index in [-0.39, 0.29) is 17.9 Å². The fourth-order valence-electron chi connectivity index (χ4n) is 2.33. The third kappa shape index (κ3) is 2.64. The van der Waals surface area contributed by atoms with Crippen LogP contribution < -0.4 is 10.6 Å². The number of hydrogen-bond acceptors (Lipinski definition) is 3. The smallest absolute Gasteiger partial charge is 0.232 e. The molecular weight excluding hydrogens is 228 g/mol. The van der Waals surface area contributed by atoms with Crippen LogP contribution in [0.1, 0.15) is 20.3 Å². The third-order valence-electron chi connectivity index (χ3n) is 3.33. The van der Waals surface area contributed by atoms with Crippen LogP contribution in [0.25, 0.3) is 0 Å². The molecule has 98 valence electrons. The molecule has 0 aromatic heterocycles. The van der Waals surface area contributed by atoms with Gasteiger partial charge in [-0.05, 0) is 44.5 Å². The second-order valence-electron chi connectivity index (χ2n) is 4.75. The molecule has 0 bridgehead atoms. The van der Waals surface area contributed by atoms with Crippen molar-refractivity contribution in [2.24, 2.45) is 5.92 Å². The highest BCUT2D eigenvalue weighted by Crippen LogP contribution is 2.24. The summed E-state index contributed by atoms with van der Waals surface area (Å²) >= 11 is 0. The Morgan fingerprint density at radius 3 is 2.61 bits per heavy atom. The number of amides is 1. The number of carbonyl (C=O) groups is 1. The molecule has 1 aliphatic heterocycles. The highest BCUT2D eigenvalue weighted by Gasteiger charge is 2.31. The first-order valence-electron chi connectivity index (χ1n) is 6.40. The first-order chi connectivity index (χ1) is 8.61. The van der Waals surface area contributed by atoms with Gasteiger partial charge in [-0.25, -0.2) is 0 Å². The molecule has 1 aliphatic rings. The number of anilines is 2. The molecule has 1 aromatic carbocycles. The zero-order valence-corrected chi connectivity index (χ0v) is 10.9. The largest absolute Gasteiger partial charge is 0.399 e. The van der Waals surface area contributed by atoms with Crippen LogP contribution in [0.15, 0.2) is 24.3 Å². The summed E-state index contributed by atoms with van der Waals surface area (Å²) in [4.78, 5) is 14.2. The molecule has 0 spiro atoms. The molecule has 1 heterocycles. The summed E-state index contributed by atoms with van der Waals surface area (Å²) in [5.41, 5.74) is 7.27. The van der Waals surface area contributed by atoms with Crippen LogP contribution in [0.2, 0.25) is 0 Å². The van der Waals surface area contributed by atoms with Crippen molar-refractivity contribution in [3.05, 3.63) is 24.3 Å². The van der Waals surface area contributed by atoms with Gasteiger partial charge in [-0.2, -0.15) is 0 Å². The van der Waals surface area contributed by atoms with Crippen LogP contribution >= 0.6 is 0 Å². The van der Waals surface area contributed by atoms with Gasteiger partial charge in [0.15, 0.2) is 0 Å². The molecule has 18 heavy (non-hydrogen) atoms. The average molecular weight is 248 g/mol. The Morgan fingerprint density at radius 1 is 1.44 bits per heavy atom. The predicted octanol–water partition coefficient (Wildman–Crippen LogP) is 2.05. The second-order valence-corrected chi connectivity index (χ2v) is 4.75. The molecule has 2 atom stereocenters. The van der Waals surface area contributed by atoms with E-state index in [1.807, 2.05) is 38.1 Å². The highest BCUT2D eigenvalue weighted by atomic mass is 16.5. The normalized spacial score (nSPS) is 23.0. The summed E-state index contributed by atoms with van der Waals surface area (Å²) < 4.78 is 5.47. The lowest BCUT2D eigenvalue weighted by Crippen LogP contribution is -2.36. The van der Waals surface area contributed by atoms with Gasteiger partial charge in [0.2, 0.25) is 5.91 Å². The summed E-state index contributed by atoms with van der Waals surface area (Å²) in [5.74, 6) is 0.129. The Hall–Kier alpha value is -1.55. The minimum absolute atomic E-state index is 0.0162. The topological polar surface area (TPSA) is 55.6 Å². The van der Waals surface area contributed by atoms with Crippen LogP contribution in [0.5, 0.6) is 0 Å². The number of nitrogen functional groups attached to an aromatic ring is 1. The van der Waals surface area contributed by atoms with Crippen LogP contribution in [0.4, 0.5) is 11.4 Å². The van der Waals surface area contributed by atoms with Crippen molar-refractivity contribution in [2.75, 3.05) is 23.8 Å². The molecular formula is C14H20N2O2. The Morgan fingerprint density at radius 2 is 2.11 bits per heavy atom. The number of carbonyl (C=O) groups excluding carboxylic acids is 1. The second kappa shape index (κ2) is 5.40. The van der Waals surface area contributed by atoms with E-state index in [1.165, 1.54) is 0 Å². The average Bonchev–Trinajstić information content (AvgIpc) is 2.79. The minimum atomic E-state index is -0.0162. The maximum atomic E-state index is 12.4. The first-order valence-corrected chi connectivity index (χ1v) is 6.40. The molecule has 4 heteroatoms. The number of ether oxygens (including phenoxy) is 1. The minimum Gasteiger partial charge on any atom is -0.399 e. The first kappa shape index (κ1) is 12.9. The van der Waals surface area contributed by atoms with Crippen molar-refractivity contribution < 1.29 is 9.53 Å². The monoisotopic (exact) mass is 248 g/mol. The molecule has 1 fully saturated rings. The lowest BCUT2D eigenvalue weighted by atomic mass is 10.0. The summed E-state index contributed by atoms with van der Waals surface area (Å²) in [5, 5.41) is 0. The van der Waals surface area contributed by atoms with Gasteiger partial charge in [0.25, 0.3) is 0 Å². The Bertz CT molecular complexity index is 416. The van der Waals surface area contributed by atoms with E-state index in [0.29, 0.717) is 18.8 Å². The summed E-state index contributed by atoms with van der Waals surface area (Å²) in [6, 6.07) is 7.41. The summed E-state index contributed by atoms with van der Waals surface area (Å²) in [7, 11) is 0. The van der Waals surface area contributed by atoms with Gasteiger partial charge in [-0.3, -0.25) is 4.79 Å². The number of benzene rings is 1. The summed E-state index contributed by atoms with van der Waals surface area (Å²) in [6.07, 6.45) is 0.994. The number of hydrogen-bond donors (Lipinski definition) is 1. The fourth-order valence-corrected chi connectivity index (χ4v) is 2.33. The molecule has 2 N–H and O–H groups in total. The zero-order valence-electron chi connectivity index (χ0n) is 10.9. The van der Waals surface area contributed by atoms with Crippen molar-refractivity contribution in [3.8, 4) is 0 Å². The highest BCUT2D eigenvalue weighted by molar-refractivity contribution is 5.95. The Balaban J connectivity index is 2.13. The van der Waals surface area contributed by atoms with Gasteiger partial charge < -0.3 is 15.4 Å². The number of nitrogens with zero attached hydrogens (tertiary/aromatic N) is 1. The molecule has 1 aromatic rings. The lowest BCUT2D eigenvalue weighted by molar-refractivity contribution is -0.122. The van der Waals surface area contributed by atoms with Crippen molar-refractivity contribution >= 4 is 17.3 Å². The fraction of sp³-hybridized carbons (Fsp3) is 0.500. The van der Waals surface area contributed by atoms with E-state index in [0.717, 1.165) is 12.1 Å². The van der Waals surface area contributed by atoms with E-state index in [1.54, 1.807) is 4.90 Å². The molecule has 2 unspecified atom stereocenters. The quantitative estimate of drug-likeness (QED) is 0.833. The molecule has 0 radical (unpaired) electrons. The number of nitrogens with two attached hydrogens (primary N) is 1. The molecule has 1 amide bonds. The van der Waals surface area contributed by atoms with Crippen molar-refractivity contribution in [1.82, 2.24) is 0 Å². The van der Waals surface area contributed by atoms with Gasteiger partial charge in [0, 0.05) is 17.9 Å². The SMILES string of the molecule is CCN(C(=O)C1COC(C)C1)c1ccc(N)cc1. The molecule has 2 rings (SSSR count). The van der Waals surface area contributed by atoms with Gasteiger partial charge in [-0.1, -0.05) is 0 Å². The van der Waals surface area contributed by atoms with Crippen molar-refractivity contribution in [2.45, 2.75) is 26.4 Å². The van der Waals surface area contributed by atoms with Crippen LogP contribution in [0, 0.1) is 5.92 Å². The van der Waals surface area contributed by atoms with E-state index < -0.39 is 0 Å². The summed E-state index contributed by atoms with van der Waals surface area (Å²) in [6.45, 7) is 5.18. The van der Waals surface area contributed by atoms with Crippen molar-refractivity contribution in [3.63, 3.8) is 0 Å². The maximum absolute atomic E-state index is 12.4. The predicted molar refractivity (Wildman–Crippen MR) is 72.4 cm³/mol. The van der Waals surface area contributed by atoms with Gasteiger partial charge in [0.05, 0.1) is 18.6 Å². The molecule has 1 saturated heterocycles. The lowest BCUT2D eigenvalue weighted by Gasteiger charge is -2.24. The van der Waals surface area contributed by atoms with Gasteiger partial charge in [0.1, 0.15) is 0 Å². The van der Waals surface area contributed by atoms with E-state index in [2.05, 4.69) is 0 Å². The number of rotatable bonds is 3. The van der Waals surface area contributed by atoms with E-state index in [4.69, 9.17) is 10.5 Å².